The van der Waals surface area contributed by atoms with Crippen LogP contribution < -0.4 is 0 Å². The van der Waals surface area contributed by atoms with Crippen molar-refractivity contribution in [3.8, 4) is 0 Å². The molecule has 5 heteroatoms. The Morgan fingerprint density at radius 3 is 0.640 bits per heavy atom. The number of carbonyl (C=O) groups excluding carboxylic acids is 4. The molecule has 0 atom stereocenters. The van der Waals surface area contributed by atoms with Crippen molar-refractivity contribution in [2.45, 2.75) is 105 Å². The van der Waals surface area contributed by atoms with Crippen LogP contribution in [0.1, 0.15) is 105 Å². The Morgan fingerprint density at radius 2 is 0.600 bits per heavy atom. The van der Waals surface area contributed by atoms with Gasteiger partial charge in [-0.25, -0.2) is 0 Å². The molecule has 0 aromatic heterocycles. The molecule has 0 rings (SSSR count). The molecule has 4 nitrogen and oxygen atoms in total. The summed E-state index contributed by atoms with van der Waals surface area (Å²) in [5.41, 5.74) is 0. The molecule has 0 saturated heterocycles. The Hall–Kier alpha value is -0.437. The summed E-state index contributed by atoms with van der Waals surface area (Å²) < 4.78 is 0. The van der Waals surface area contributed by atoms with Crippen molar-refractivity contribution in [2.75, 3.05) is 0 Å². The van der Waals surface area contributed by atoms with E-state index >= 15 is 0 Å². The smallest absolute Gasteiger partial charge is 0.542 e. The van der Waals surface area contributed by atoms with Gasteiger partial charge in [-0.05, 0) is 0 Å². The van der Waals surface area contributed by atoms with E-state index in [-0.39, 0.29) is 26.2 Å². The molecule has 0 amide bonds. The van der Waals surface area contributed by atoms with Crippen LogP contribution in [0.4, 0.5) is 0 Å². The van der Waals surface area contributed by atoms with Crippen molar-refractivity contribution < 1.29 is 45.4 Å². The van der Waals surface area contributed by atoms with Gasteiger partial charge in [-0.2, -0.15) is 25.7 Å². The maximum atomic E-state index is 9.44. The zero-order valence-corrected chi connectivity index (χ0v) is 19.1. The van der Waals surface area contributed by atoms with Gasteiger partial charge in [0.2, 0.25) is 0 Å². The topological polar surface area (TPSA) is 68.3 Å². The summed E-state index contributed by atoms with van der Waals surface area (Å²) in [5, 5.41) is 0. The normalized spacial score (nSPS) is 7.84. The molecule has 0 spiro atoms. The summed E-state index contributed by atoms with van der Waals surface area (Å²) in [4.78, 5) is 37.8. The van der Waals surface area contributed by atoms with E-state index in [2.05, 4.69) is 27.7 Å². The minimum Gasteiger partial charge on any atom is -0.542 e. The predicted molar refractivity (Wildman–Crippen MR) is 101 cm³/mol. The Labute approximate surface area is 175 Å². The van der Waals surface area contributed by atoms with E-state index < -0.39 is 0 Å². The minimum atomic E-state index is 0. The van der Waals surface area contributed by atoms with Gasteiger partial charge in [-0.15, -0.1) is 0 Å². The first-order valence-corrected chi connectivity index (χ1v) is 9.06. The number of rotatable bonds is 12. The summed E-state index contributed by atoms with van der Waals surface area (Å²) in [6, 6.07) is 0. The van der Waals surface area contributed by atoms with Crippen LogP contribution in [0.2, 0.25) is 0 Å². The van der Waals surface area contributed by atoms with Crippen LogP contribution in [0, 0.1) is 0 Å². The molecule has 0 N–H and O–H groups in total. The summed E-state index contributed by atoms with van der Waals surface area (Å²) in [5.74, 6) is 0. The van der Waals surface area contributed by atoms with Crippen LogP contribution in [0.3, 0.4) is 0 Å². The summed E-state index contributed by atoms with van der Waals surface area (Å²) in [6.45, 7) is 8.21. The first-order chi connectivity index (χ1) is 11.7. The van der Waals surface area contributed by atoms with Crippen molar-refractivity contribution in [3.63, 3.8) is 0 Å². The fourth-order valence-electron chi connectivity index (χ4n) is 0.996. The fourth-order valence-corrected chi connectivity index (χ4v) is 0.996. The fraction of sp³-hybridized carbons (Fsp3) is 0.800. The summed E-state index contributed by atoms with van der Waals surface area (Å²) >= 11 is 0. The summed E-state index contributed by atoms with van der Waals surface area (Å²) in [6.07, 6.45) is 18.0. The van der Waals surface area contributed by atoms with Crippen molar-refractivity contribution in [1.29, 1.82) is 0 Å². The third-order valence-corrected chi connectivity index (χ3v) is 2.53. The van der Waals surface area contributed by atoms with Gasteiger partial charge in [0.05, 0.1) is 0 Å². The van der Waals surface area contributed by atoms with E-state index in [1.807, 2.05) is 25.1 Å². The molecule has 0 aromatic rings. The van der Waals surface area contributed by atoms with Crippen LogP contribution in [-0.2, 0) is 45.4 Å². The molecule has 0 heterocycles. The molecule has 0 unspecified atom stereocenters. The average molecular weight is 432 g/mol. The molecule has 0 radical (unpaired) electrons. The van der Waals surface area contributed by atoms with E-state index in [0.717, 1.165) is 51.4 Å². The zero-order valence-electron chi connectivity index (χ0n) is 16.6. The first-order valence-electron chi connectivity index (χ1n) is 9.06. The van der Waals surface area contributed by atoms with Crippen molar-refractivity contribution >= 4 is 25.1 Å². The molecule has 0 aromatic carbocycles. The summed E-state index contributed by atoms with van der Waals surface area (Å²) in [7, 11) is 0. The second-order valence-electron chi connectivity index (χ2n) is 4.99. The molecule has 0 fully saturated rings. The number of hydrogen-bond donors (Lipinski definition) is 0. The molecule has 0 aliphatic rings. The van der Waals surface area contributed by atoms with Crippen LogP contribution >= 0.6 is 0 Å². The largest absolute Gasteiger partial charge is 4.00 e. The average Bonchev–Trinajstić information content (AvgIpc) is 2.62. The van der Waals surface area contributed by atoms with Gasteiger partial charge in [0.25, 0.3) is 0 Å². The molecule has 0 bridgehead atoms. The Balaban J connectivity index is -0.0000000702. The molecule has 0 aliphatic heterocycles. The van der Waals surface area contributed by atoms with Crippen molar-refractivity contribution in [2.24, 2.45) is 0 Å². The second-order valence-corrected chi connectivity index (χ2v) is 4.99. The third kappa shape index (κ3) is 81.9. The molecule has 0 saturated carbocycles. The molecular formula is C20H36O4Zr. The second kappa shape index (κ2) is 49.5. The van der Waals surface area contributed by atoms with Gasteiger partial charge >= 0.3 is 26.2 Å². The van der Waals surface area contributed by atoms with Crippen LogP contribution in [0.5, 0.6) is 0 Å². The van der Waals surface area contributed by atoms with Gasteiger partial charge in [0, 0.05) is 0 Å². The zero-order chi connectivity index (χ0) is 19.3. The van der Waals surface area contributed by atoms with Crippen molar-refractivity contribution in [1.82, 2.24) is 0 Å². The molecular weight excluding hydrogens is 395 g/mol. The van der Waals surface area contributed by atoms with Crippen LogP contribution in [0.15, 0.2) is 0 Å². The Morgan fingerprint density at radius 1 is 0.440 bits per heavy atom. The monoisotopic (exact) mass is 430 g/mol. The van der Waals surface area contributed by atoms with Gasteiger partial charge < -0.3 is 19.2 Å². The van der Waals surface area contributed by atoms with Crippen LogP contribution in [0.25, 0.3) is 0 Å². The van der Waals surface area contributed by atoms with Gasteiger partial charge in [0.1, 0.15) is 0 Å². The minimum absolute atomic E-state index is 0. The number of unbranched alkanes of at least 4 members (excludes halogenated alkanes) is 8. The predicted octanol–water partition coefficient (Wildman–Crippen LogP) is 5.14. The quantitative estimate of drug-likeness (QED) is 0.317. The molecule has 144 valence electrons. The molecule has 25 heavy (non-hydrogen) atoms. The van der Waals surface area contributed by atoms with Crippen molar-refractivity contribution in [3.05, 3.63) is 0 Å². The maximum absolute atomic E-state index is 9.44. The van der Waals surface area contributed by atoms with Crippen LogP contribution in [-0.4, -0.2) is 25.1 Å². The number of hydrogen-bond acceptors (Lipinski definition) is 4. The van der Waals surface area contributed by atoms with E-state index in [4.69, 9.17) is 0 Å². The third-order valence-electron chi connectivity index (χ3n) is 2.53. The van der Waals surface area contributed by atoms with Gasteiger partial charge in [0.15, 0.2) is 0 Å². The van der Waals surface area contributed by atoms with E-state index in [0.29, 0.717) is 25.7 Å². The van der Waals surface area contributed by atoms with Gasteiger partial charge in [-0.1, -0.05) is 79.1 Å². The Kier molecular flexibility index (Phi) is 70.6. The Bertz CT molecular complexity index is 186. The molecule has 0 aliphatic carbocycles. The van der Waals surface area contributed by atoms with E-state index in [9.17, 15) is 19.2 Å². The SMILES string of the molecule is CCCC[C-]=O.CCCC[C-]=O.CCCC[C-]=O.CCCC[C-]=O.[Zr+4]. The van der Waals surface area contributed by atoms with E-state index in [1.54, 1.807) is 0 Å². The van der Waals surface area contributed by atoms with E-state index in [1.165, 1.54) is 0 Å². The maximum Gasteiger partial charge on any atom is 4.00 e. The first kappa shape index (κ1) is 35.6. The standard InChI is InChI=1S/4C5H9O.Zr/c4*1-2-3-4-5-6;/h4*2-4H2,1H3;/q4*-1;+4. The van der Waals surface area contributed by atoms with Gasteiger partial charge in [-0.3, -0.25) is 25.1 Å².